The third-order valence-corrected chi connectivity index (χ3v) is 5.62. The van der Waals surface area contributed by atoms with Crippen LogP contribution in [0.5, 0.6) is 0 Å². The molecular formula is C23H19BrClN3O. The van der Waals surface area contributed by atoms with Crippen LogP contribution >= 0.6 is 27.5 Å². The van der Waals surface area contributed by atoms with E-state index >= 15 is 0 Å². The van der Waals surface area contributed by atoms with Crippen molar-refractivity contribution in [3.63, 3.8) is 0 Å². The van der Waals surface area contributed by atoms with E-state index in [-0.39, 0.29) is 5.57 Å². The van der Waals surface area contributed by atoms with Crippen molar-refractivity contribution in [2.45, 2.75) is 20.8 Å². The van der Waals surface area contributed by atoms with Gasteiger partial charge >= 0.3 is 0 Å². The molecule has 0 aliphatic heterocycles. The lowest BCUT2D eigenvalue weighted by atomic mass is 10.1. The van der Waals surface area contributed by atoms with Gasteiger partial charge in [0, 0.05) is 32.3 Å². The number of hydrogen-bond donors (Lipinski definition) is 1. The highest BCUT2D eigenvalue weighted by Crippen LogP contribution is 2.26. The minimum Gasteiger partial charge on any atom is -0.321 e. The summed E-state index contributed by atoms with van der Waals surface area (Å²) >= 11 is 9.61. The molecule has 1 amide bonds. The molecule has 0 radical (unpaired) electrons. The van der Waals surface area contributed by atoms with Crippen LogP contribution in [-0.4, -0.2) is 10.5 Å². The van der Waals surface area contributed by atoms with Crippen molar-refractivity contribution in [1.29, 1.82) is 5.26 Å². The monoisotopic (exact) mass is 467 g/mol. The number of aryl methyl sites for hydroxylation is 1. The molecule has 29 heavy (non-hydrogen) atoms. The summed E-state index contributed by atoms with van der Waals surface area (Å²) in [6.45, 7) is 5.78. The summed E-state index contributed by atoms with van der Waals surface area (Å²) in [5.41, 5.74) is 5.15. The molecule has 2 aromatic carbocycles. The predicted molar refractivity (Wildman–Crippen MR) is 121 cm³/mol. The zero-order valence-electron chi connectivity index (χ0n) is 16.3. The zero-order valence-corrected chi connectivity index (χ0v) is 18.6. The SMILES string of the molecule is Cc1c(Cl)cccc1NC(=O)/C(C#N)=C\c1cc(C)n(-c2cccc(Br)c2)c1C. The van der Waals surface area contributed by atoms with Gasteiger partial charge < -0.3 is 9.88 Å². The molecule has 3 aromatic rings. The minimum absolute atomic E-state index is 0.0267. The van der Waals surface area contributed by atoms with Crippen LogP contribution in [0.1, 0.15) is 22.5 Å². The van der Waals surface area contributed by atoms with Crippen LogP contribution in [0.4, 0.5) is 5.69 Å². The molecule has 0 bridgehead atoms. The first-order chi connectivity index (χ1) is 13.8. The molecule has 0 saturated carbocycles. The summed E-state index contributed by atoms with van der Waals surface area (Å²) in [5.74, 6) is -0.467. The van der Waals surface area contributed by atoms with E-state index in [0.29, 0.717) is 10.7 Å². The molecule has 4 nitrogen and oxygen atoms in total. The summed E-state index contributed by atoms with van der Waals surface area (Å²) in [7, 11) is 0. The summed E-state index contributed by atoms with van der Waals surface area (Å²) < 4.78 is 3.07. The molecule has 1 aromatic heterocycles. The highest BCUT2D eigenvalue weighted by atomic mass is 79.9. The van der Waals surface area contributed by atoms with Gasteiger partial charge in [0.2, 0.25) is 0 Å². The Kier molecular flexibility index (Phi) is 6.26. The van der Waals surface area contributed by atoms with Crippen molar-refractivity contribution in [1.82, 2.24) is 4.57 Å². The van der Waals surface area contributed by atoms with Gasteiger partial charge in [-0.2, -0.15) is 5.26 Å². The average molecular weight is 469 g/mol. The van der Waals surface area contributed by atoms with E-state index in [2.05, 4.69) is 25.8 Å². The molecule has 3 rings (SSSR count). The third-order valence-electron chi connectivity index (χ3n) is 4.72. The Hall–Kier alpha value is -2.81. The highest BCUT2D eigenvalue weighted by molar-refractivity contribution is 9.10. The maximum Gasteiger partial charge on any atom is 0.266 e. The van der Waals surface area contributed by atoms with E-state index in [1.807, 2.05) is 57.2 Å². The molecule has 0 aliphatic rings. The Balaban J connectivity index is 1.96. The first kappa shape index (κ1) is 20.9. The van der Waals surface area contributed by atoms with E-state index in [9.17, 15) is 10.1 Å². The van der Waals surface area contributed by atoms with Gasteiger partial charge in [0.15, 0.2) is 0 Å². The average Bonchev–Trinajstić information content (AvgIpc) is 2.96. The van der Waals surface area contributed by atoms with E-state index in [1.165, 1.54) is 0 Å². The number of carbonyl (C=O) groups excluding carboxylic acids is 1. The van der Waals surface area contributed by atoms with Gasteiger partial charge in [-0.1, -0.05) is 39.7 Å². The second kappa shape index (κ2) is 8.69. The highest BCUT2D eigenvalue weighted by Gasteiger charge is 2.15. The molecular weight excluding hydrogens is 450 g/mol. The number of amides is 1. The van der Waals surface area contributed by atoms with Gasteiger partial charge in [-0.25, -0.2) is 0 Å². The van der Waals surface area contributed by atoms with Gasteiger partial charge in [-0.3, -0.25) is 4.79 Å². The van der Waals surface area contributed by atoms with E-state index in [0.717, 1.165) is 32.7 Å². The van der Waals surface area contributed by atoms with Crippen molar-refractivity contribution in [2.24, 2.45) is 0 Å². The maximum absolute atomic E-state index is 12.7. The molecule has 0 atom stereocenters. The summed E-state index contributed by atoms with van der Waals surface area (Å²) in [4.78, 5) is 12.7. The number of nitrogens with one attached hydrogen (secondary N) is 1. The molecule has 146 valence electrons. The number of rotatable bonds is 4. The van der Waals surface area contributed by atoms with Crippen LogP contribution in [-0.2, 0) is 4.79 Å². The maximum atomic E-state index is 12.7. The Morgan fingerprint density at radius 2 is 1.90 bits per heavy atom. The fourth-order valence-electron chi connectivity index (χ4n) is 3.18. The second-order valence-electron chi connectivity index (χ2n) is 6.68. The van der Waals surface area contributed by atoms with Crippen molar-refractivity contribution >= 4 is 45.2 Å². The lowest BCUT2D eigenvalue weighted by molar-refractivity contribution is -0.112. The van der Waals surface area contributed by atoms with Gasteiger partial charge in [-0.15, -0.1) is 0 Å². The van der Waals surface area contributed by atoms with Crippen LogP contribution < -0.4 is 5.32 Å². The number of halogens is 2. The quantitative estimate of drug-likeness (QED) is 0.357. The van der Waals surface area contributed by atoms with E-state index in [1.54, 1.807) is 24.3 Å². The van der Waals surface area contributed by atoms with Crippen molar-refractivity contribution < 1.29 is 4.79 Å². The van der Waals surface area contributed by atoms with Crippen LogP contribution in [0.25, 0.3) is 11.8 Å². The Morgan fingerprint density at radius 3 is 2.59 bits per heavy atom. The summed E-state index contributed by atoms with van der Waals surface area (Å²) in [6.07, 6.45) is 1.62. The van der Waals surface area contributed by atoms with E-state index < -0.39 is 5.91 Å². The van der Waals surface area contributed by atoms with E-state index in [4.69, 9.17) is 11.6 Å². The fourth-order valence-corrected chi connectivity index (χ4v) is 3.74. The van der Waals surface area contributed by atoms with Gasteiger partial charge in [0.05, 0.1) is 0 Å². The van der Waals surface area contributed by atoms with Gasteiger partial charge in [0.1, 0.15) is 11.6 Å². The molecule has 1 N–H and O–H groups in total. The molecule has 0 unspecified atom stereocenters. The number of nitriles is 1. The van der Waals surface area contributed by atoms with Crippen molar-refractivity contribution in [3.05, 3.63) is 86.1 Å². The van der Waals surface area contributed by atoms with Gasteiger partial charge in [0.25, 0.3) is 5.91 Å². The summed E-state index contributed by atoms with van der Waals surface area (Å²) in [5, 5.41) is 12.9. The number of aromatic nitrogens is 1. The third kappa shape index (κ3) is 4.45. The number of benzene rings is 2. The summed E-state index contributed by atoms with van der Waals surface area (Å²) in [6, 6.07) is 17.2. The Morgan fingerprint density at radius 1 is 1.17 bits per heavy atom. The predicted octanol–water partition coefficient (Wildman–Crippen LogP) is 6.36. The van der Waals surface area contributed by atoms with Crippen LogP contribution in [0.15, 0.2) is 58.6 Å². The number of anilines is 1. The smallest absolute Gasteiger partial charge is 0.266 e. The molecule has 0 aliphatic carbocycles. The van der Waals surface area contributed by atoms with Crippen molar-refractivity contribution in [2.75, 3.05) is 5.32 Å². The first-order valence-electron chi connectivity index (χ1n) is 8.95. The lowest BCUT2D eigenvalue weighted by Gasteiger charge is -2.10. The van der Waals surface area contributed by atoms with Crippen LogP contribution in [0, 0.1) is 32.1 Å². The molecule has 0 saturated heterocycles. The molecule has 0 fully saturated rings. The van der Waals surface area contributed by atoms with Crippen LogP contribution in [0.3, 0.4) is 0 Å². The zero-order chi connectivity index (χ0) is 21.1. The van der Waals surface area contributed by atoms with Crippen LogP contribution in [0.2, 0.25) is 5.02 Å². The normalized spacial score (nSPS) is 11.2. The fraction of sp³-hybridized carbons (Fsp3) is 0.130. The Bertz CT molecular complexity index is 1170. The molecule has 0 spiro atoms. The van der Waals surface area contributed by atoms with Gasteiger partial charge in [-0.05, 0) is 74.4 Å². The number of carbonyl (C=O) groups is 1. The minimum atomic E-state index is -0.467. The van der Waals surface area contributed by atoms with Crippen molar-refractivity contribution in [3.8, 4) is 11.8 Å². The first-order valence-corrected chi connectivity index (χ1v) is 10.1. The Labute approximate surface area is 183 Å². The number of hydrogen-bond acceptors (Lipinski definition) is 2. The second-order valence-corrected chi connectivity index (χ2v) is 8.00. The lowest BCUT2D eigenvalue weighted by Crippen LogP contribution is -2.14. The number of nitrogens with zero attached hydrogens (tertiary/aromatic N) is 2. The molecule has 1 heterocycles. The topological polar surface area (TPSA) is 57.8 Å². The standard InChI is InChI=1S/C23H19BrClN3O/c1-14-10-17(16(3)28(14)20-7-4-6-19(24)12-20)11-18(13-26)23(29)27-22-9-5-8-21(25)15(22)2/h4-12H,1-3H3,(H,27,29)/b18-11-. The largest absolute Gasteiger partial charge is 0.321 e. The molecule has 6 heteroatoms.